The van der Waals surface area contributed by atoms with Crippen molar-refractivity contribution in [2.24, 2.45) is 5.73 Å². The molecule has 1 atom stereocenters. The predicted molar refractivity (Wildman–Crippen MR) is 83.2 cm³/mol. The number of aromatic nitrogens is 1. The minimum Gasteiger partial charge on any atom is -0.497 e. The van der Waals surface area contributed by atoms with Gasteiger partial charge in [-0.05, 0) is 47.2 Å². The van der Waals surface area contributed by atoms with E-state index in [1.807, 2.05) is 30.5 Å². The molecule has 3 aromatic rings. The molecule has 4 heteroatoms. The van der Waals surface area contributed by atoms with Crippen molar-refractivity contribution in [3.63, 3.8) is 0 Å². The van der Waals surface area contributed by atoms with Gasteiger partial charge in [-0.2, -0.15) is 0 Å². The number of nitrogens with two attached hydrogens (primary N) is 1. The fourth-order valence-corrected chi connectivity index (χ4v) is 3.02. The number of nitrogens with zero attached hydrogens (tertiary/aromatic N) is 1. The van der Waals surface area contributed by atoms with E-state index in [0.717, 1.165) is 23.3 Å². The zero-order valence-corrected chi connectivity index (χ0v) is 12.1. The smallest absolute Gasteiger partial charge is 0.119 e. The van der Waals surface area contributed by atoms with Crippen molar-refractivity contribution in [3.8, 4) is 5.75 Å². The van der Waals surface area contributed by atoms with Crippen molar-refractivity contribution >= 4 is 21.6 Å². The standard InChI is InChI=1S/C16H16N2OS/c1-19-13-4-2-3-11(7-13)8-14(17)12-9-16-15(18-10-12)5-6-20-16/h2-7,9-10,14H,8,17H2,1H3. The van der Waals surface area contributed by atoms with E-state index in [9.17, 15) is 0 Å². The van der Waals surface area contributed by atoms with Gasteiger partial charge in [0.05, 0.1) is 17.3 Å². The van der Waals surface area contributed by atoms with Gasteiger partial charge in [-0.1, -0.05) is 12.1 Å². The maximum atomic E-state index is 6.30. The highest BCUT2D eigenvalue weighted by molar-refractivity contribution is 7.17. The number of hydrogen-bond donors (Lipinski definition) is 1. The number of thiophene rings is 1. The Bertz CT molecular complexity index is 723. The van der Waals surface area contributed by atoms with Crippen LogP contribution in [0.3, 0.4) is 0 Å². The second kappa shape index (κ2) is 5.61. The fraction of sp³-hybridized carbons (Fsp3) is 0.188. The van der Waals surface area contributed by atoms with Crippen LogP contribution in [-0.4, -0.2) is 12.1 Å². The largest absolute Gasteiger partial charge is 0.497 e. The topological polar surface area (TPSA) is 48.1 Å². The molecule has 0 saturated heterocycles. The molecule has 1 aromatic carbocycles. The van der Waals surface area contributed by atoms with Gasteiger partial charge in [0.2, 0.25) is 0 Å². The molecule has 3 nitrogen and oxygen atoms in total. The number of hydrogen-bond acceptors (Lipinski definition) is 4. The van der Waals surface area contributed by atoms with Gasteiger partial charge in [0.15, 0.2) is 0 Å². The molecule has 0 radical (unpaired) electrons. The molecule has 2 aromatic heterocycles. The Balaban J connectivity index is 1.82. The normalized spacial score (nSPS) is 12.5. The molecular formula is C16H16N2OS. The molecule has 102 valence electrons. The number of rotatable bonds is 4. The molecule has 0 aliphatic carbocycles. The summed E-state index contributed by atoms with van der Waals surface area (Å²) in [5, 5.41) is 2.05. The third-order valence-electron chi connectivity index (χ3n) is 3.34. The molecule has 0 bridgehead atoms. The van der Waals surface area contributed by atoms with E-state index in [1.165, 1.54) is 10.3 Å². The Morgan fingerprint density at radius 1 is 1.30 bits per heavy atom. The predicted octanol–water partition coefficient (Wildman–Crippen LogP) is 3.55. The van der Waals surface area contributed by atoms with E-state index in [1.54, 1.807) is 18.4 Å². The van der Waals surface area contributed by atoms with E-state index in [-0.39, 0.29) is 6.04 Å². The summed E-state index contributed by atoms with van der Waals surface area (Å²) >= 11 is 1.69. The molecule has 0 aliphatic rings. The quantitative estimate of drug-likeness (QED) is 0.797. The van der Waals surface area contributed by atoms with Crippen LogP contribution in [0, 0.1) is 0 Å². The Hall–Kier alpha value is -1.91. The van der Waals surface area contributed by atoms with Gasteiger partial charge in [0.25, 0.3) is 0 Å². The van der Waals surface area contributed by atoms with Crippen LogP contribution in [0.5, 0.6) is 5.75 Å². The summed E-state index contributed by atoms with van der Waals surface area (Å²) in [6.45, 7) is 0. The van der Waals surface area contributed by atoms with Crippen molar-refractivity contribution in [3.05, 3.63) is 59.1 Å². The van der Waals surface area contributed by atoms with E-state index < -0.39 is 0 Å². The monoisotopic (exact) mass is 284 g/mol. The minimum atomic E-state index is -0.0545. The molecule has 20 heavy (non-hydrogen) atoms. The molecular weight excluding hydrogens is 268 g/mol. The molecule has 1 unspecified atom stereocenters. The second-order valence-electron chi connectivity index (χ2n) is 4.73. The zero-order chi connectivity index (χ0) is 13.9. The lowest BCUT2D eigenvalue weighted by atomic mass is 10.0. The summed E-state index contributed by atoms with van der Waals surface area (Å²) in [6, 6.07) is 12.1. The van der Waals surface area contributed by atoms with Crippen LogP contribution in [0.4, 0.5) is 0 Å². The number of benzene rings is 1. The van der Waals surface area contributed by atoms with Crippen LogP contribution in [-0.2, 0) is 6.42 Å². The van der Waals surface area contributed by atoms with Gasteiger partial charge in [-0.3, -0.25) is 4.98 Å². The molecule has 2 N–H and O–H groups in total. The van der Waals surface area contributed by atoms with E-state index in [0.29, 0.717) is 0 Å². The summed E-state index contributed by atoms with van der Waals surface area (Å²) in [6.07, 6.45) is 2.65. The first-order valence-corrected chi connectivity index (χ1v) is 7.36. The highest BCUT2D eigenvalue weighted by atomic mass is 32.1. The molecule has 0 spiro atoms. The Labute approximate surface area is 122 Å². The third kappa shape index (κ3) is 2.66. The number of pyridine rings is 1. The van der Waals surface area contributed by atoms with Gasteiger partial charge in [-0.25, -0.2) is 0 Å². The van der Waals surface area contributed by atoms with Gasteiger partial charge in [0.1, 0.15) is 5.75 Å². The van der Waals surface area contributed by atoms with Crippen LogP contribution in [0.15, 0.2) is 48.0 Å². The van der Waals surface area contributed by atoms with Crippen LogP contribution < -0.4 is 10.5 Å². The maximum Gasteiger partial charge on any atom is 0.119 e. The lowest BCUT2D eigenvalue weighted by Crippen LogP contribution is -2.13. The molecule has 3 rings (SSSR count). The molecule has 0 aliphatic heterocycles. The summed E-state index contributed by atoms with van der Waals surface area (Å²) in [5.74, 6) is 0.863. The minimum absolute atomic E-state index is 0.0545. The first-order chi connectivity index (χ1) is 9.76. The Morgan fingerprint density at radius 3 is 3.05 bits per heavy atom. The first kappa shape index (κ1) is 13.1. The number of methoxy groups -OCH3 is 1. The van der Waals surface area contributed by atoms with Crippen molar-refractivity contribution in [2.75, 3.05) is 7.11 Å². The average Bonchev–Trinajstić information content (AvgIpc) is 2.94. The zero-order valence-electron chi connectivity index (χ0n) is 11.2. The summed E-state index contributed by atoms with van der Waals surface area (Å²) in [4.78, 5) is 4.44. The highest BCUT2D eigenvalue weighted by Gasteiger charge is 2.09. The van der Waals surface area contributed by atoms with Gasteiger partial charge >= 0.3 is 0 Å². The van der Waals surface area contributed by atoms with Crippen molar-refractivity contribution in [1.29, 1.82) is 0 Å². The van der Waals surface area contributed by atoms with Crippen LogP contribution in [0.2, 0.25) is 0 Å². The summed E-state index contributed by atoms with van der Waals surface area (Å²) in [5.41, 5.74) is 9.58. The second-order valence-corrected chi connectivity index (χ2v) is 5.68. The van der Waals surface area contributed by atoms with E-state index in [4.69, 9.17) is 10.5 Å². The molecule has 0 saturated carbocycles. The van der Waals surface area contributed by atoms with Gasteiger partial charge < -0.3 is 10.5 Å². The van der Waals surface area contributed by atoms with Crippen molar-refractivity contribution in [1.82, 2.24) is 4.98 Å². The lowest BCUT2D eigenvalue weighted by molar-refractivity contribution is 0.414. The highest BCUT2D eigenvalue weighted by Crippen LogP contribution is 2.24. The maximum absolute atomic E-state index is 6.30. The van der Waals surface area contributed by atoms with Gasteiger partial charge in [0, 0.05) is 12.2 Å². The van der Waals surface area contributed by atoms with Crippen LogP contribution in [0.1, 0.15) is 17.2 Å². The van der Waals surface area contributed by atoms with E-state index >= 15 is 0 Å². The van der Waals surface area contributed by atoms with Crippen LogP contribution in [0.25, 0.3) is 10.2 Å². The van der Waals surface area contributed by atoms with Crippen molar-refractivity contribution < 1.29 is 4.74 Å². The van der Waals surface area contributed by atoms with Crippen LogP contribution >= 0.6 is 11.3 Å². The number of ether oxygens (including phenoxy) is 1. The van der Waals surface area contributed by atoms with E-state index in [2.05, 4.69) is 22.5 Å². The summed E-state index contributed by atoms with van der Waals surface area (Å²) < 4.78 is 6.42. The first-order valence-electron chi connectivity index (χ1n) is 6.48. The lowest BCUT2D eigenvalue weighted by Gasteiger charge is -2.12. The molecule has 2 heterocycles. The fourth-order valence-electron chi connectivity index (χ4n) is 2.24. The molecule has 0 fully saturated rings. The third-order valence-corrected chi connectivity index (χ3v) is 4.19. The Morgan fingerprint density at radius 2 is 2.20 bits per heavy atom. The van der Waals surface area contributed by atoms with Crippen molar-refractivity contribution in [2.45, 2.75) is 12.5 Å². The SMILES string of the molecule is COc1cccc(CC(N)c2cnc3ccsc3c2)c1. The number of fused-ring (bicyclic) bond motifs is 1. The van der Waals surface area contributed by atoms with Gasteiger partial charge in [-0.15, -0.1) is 11.3 Å². The summed E-state index contributed by atoms with van der Waals surface area (Å²) in [7, 11) is 1.67. The average molecular weight is 284 g/mol. The molecule has 0 amide bonds. The Kier molecular flexibility index (Phi) is 3.67.